The van der Waals surface area contributed by atoms with Gasteiger partial charge in [0.2, 0.25) is 0 Å². The van der Waals surface area contributed by atoms with E-state index in [1.165, 1.54) is 0 Å². The van der Waals surface area contributed by atoms with Gasteiger partial charge in [0, 0.05) is 4.47 Å². The zero-order valence-corrected chi connectivity index (χ0v) is 9.53. The Morgan fingerprint density at radius 1 is 0.933 bits per heavy atom. The molecule has 1 aliphatic carbocycles. The van der Waals surface area contributed by atoms with Crippen molar-refractivity contribution in [1.29, 1.82) is 0 Å². The number of fused-ring (bicyclic) bond motifs is 3. The van der Waals surface area contributed by atoms with Crippen LogP contribution >= 0.6 is 15.9 Å². The predicted molar refractivity (Wildman–Crippen MR) is 63.6 cm³/mol. The second-order valence-corrected chi connectivity index (χ2v) is 4.64. The van der Waals surface area contributed by atoms with Crippen LogP contribution in [0.25, 0.3) is 11.1 Å². The van der Waals surface area contributed by atoms with Gasteiger partial charge < -0.3 is 5.11 Å². The molecule has 1 aliphatic rings. The summed E-state index contributed by atoms with van der Waals surface area (Å²) >= 11 is 3.46. The van der Waals surface area contributed by atoms with Crippen molar-refractivity contribution in [2.24, 2.45) is 0 Å². The van der Waals surface area contributed by atoms with Crippen LogP contribution in [0.1, 0.15) is 17.2 Å². The number of benzene rings is 2. The molecule has 0 heterocycles. The Balaban J connectivity index is 2.34. The van der Waals surface area contributed by atoms with Crippen LogP contribution in [0.15, 0.2) is 46.9 Å². The van der Waals surface area contributed by atoms with Crippen molar-refractivity contribution >= 4 is 15.9 Å². The summed E-state index contributed by atoms with van der Waals surface area (Å²) in [6.07, 6.45) is -0.468. The molecule has 0 fully saturated rings. The van der Waals surface area contributed by atoms with Crippen LogP contribution in [0.2, 0.25) is 0 Å². The first-order valence-corrected chi connectivity index (χ1v) is 5.63. The number of rotatable bonds is 0. The molecule has 0 amide bonds. The highest BCUT2D eigenvalue weighted by Gasteiger charge is 2.26. The van der Waals surface area contributed by atoms with E-state index in [9.17, 15) is 5.11 Å². The first kappa shape index (κ1) is 9.13. The highest BCUT2D eigenvalue weighted by Crippen LogP contribution is 2.43. The van der Waals surface area contributed by atoms with Crippen molar-refractivity contribution in [3.63, 3.8) is 0 Å². The molecule has 3 rings (SSSR count). The summed E-state index contributed by atoms with van der Waals surface area (Å²) in [5, 5.41) is 10.1. The molecule has 1 atom stereocenters. The Bertz CT molecular complexity index is 534. The molecule has 2 aromatic rings. The highest BCUT2D eigenvalue weighted by atomic mass is 79.9. The third kappa shape index (κ3) is 1.25. The van der Waals surface area contributed by atoms with Crippen LogP contribution in [-0.2, 0) is 0 Å². The molecule has 15 heavy (non-hydrogen) atoms. The molecular weight excluding hydrogens is 252 g/mol. The molecule has 0 aromatic heterocycles. The molecule has 2 heteroatoms. The van der Waals surface area contributed by atoms with Crippen molar-refractivity contribution in [1.82, 2.24) is 0 Å². The number of hydrogen-bond acceptors (Lipinski definition) is 1. The van der Waals surface area contributed by atoms with Gasteiger partial charge in [-0.05, 0) is 34.4 Å². The lowest BCUT2D eigenvalue weighted by Gasteiger charge is -2.04. The van der Waals surface area contributed by atoms with E-state index >= 15 is 0 Å². The SMILES string of the molecule is O[C@@H]1c2ccccc2-c2cc(Br)ccc21. The zero-order valence-electron chi connectivity index (χ0n) is 7.94. The van der Waals surface area contributed by atoms with Crippen LogP contribution in [0.4, 0.5) is 0 Å². The van der Waals surface area contributed by atoms with E-state index in [-0.39, 0.29) is 0 Å². The van der Waals surface area contributed by atoms with Gasteiger partial charge >= 0.3 is 0 Å². The molecule has 1 N–H and O–H groups in total. The van der Waals surface area contributed by atoms with E-state index in [0.717, 1.165) is 26.7 Å². The van der Waals surface area contributed by atoms with Crippen molar-refractivity contribution in [3.05, 3.63) is 58.1 Å². The van der Waals surface area contributed by atoms with E-state index in [0.29, 0.717) is 0 Å². The Kier molecular flexibility index (Phi) is 1.94. The third-order valence-corrected chi connectivity index (χ3v) is 3.35. The minimum absolute atomic E-state index is 0.468. The maximum absolute atomic E-state index is 10.1. The van der Waals surface area contributed by atoms with Crippen LogP contribution in [0.5, 0.6) is 0 Å². The van der Waals surface area contributed by atoms with Crippen molar-refractivity contribution in [2.45, 2.75) is 6.10 Å². The van der Waals surface area contributed by atoms with Crippen LogP contribution in [-0.4, -0.2) is 5.11 Å². The fourth-order valence-electron chi connectivity index (χ4n) is 2.15. The summed E-state index contributed by atoms with van der Waals surface area (Å²) < 4.78 is 1.05. The van der Waals surface area contributed by atoms with Gasteiger partial charge in [-0.15, -0.1) is 0 Å². The van der Waals surface area contributed by atoms with Crippen molar-refractivity contribution in [2.75, 3.05) is 0 Å². The lowest BCUT2D eigenvalue weighted by molar-refractivity contribution is 0.225. The number of aliphatic hydroxyl groups is 1. The van der Waals surface area contributed by atoms with Gasteiger partial charge in [-0.25, -0.2) is 0 Å². The molecule has 0 saturated heterocycles. The molecule has 0 spiro atoms. The minimum atomic E-state index is -0.468. The maximum Gasteiger partial charge on any atom is 0.105 e. The van der Waals surface area contributed by atoms with Gasteiger partial charge in [0.1, 0.15) is 6.10 Å². The van der Waals surface area contributed by atoms with Gasteiger partial charge in [0.05, 0.1) is 0 Å². The van der Waals surface area contributed by atoms with Crippen LogP contribution in [0.3, 0.4) is 0 Å². The first-order valence-electron chi connectivity index (χ1n) is 4.84. The summed E-state index contributed by atoms with van der Waals surface area (Å²) in [6, 6.07) is 14.0. The molecule has 2 aromatic carbocycles. The lowest BCUT2D eigenvalue weighted by atomic mass is 10.1. The van der Waals surface area contributed by atoms with E-state index in [1.807, 2.05) is 30.3 Å². The van der Waals surface area contributed by atoms with Gasteiger partial charge in [-0.2, -0.15) is 0 Å². The van der Waals surface area contributed by atoms with E-state index in [2.05, 4.69) is 28.1 Å². The lowest BCUT2D eigenvalue weighted by Crippen LogP contribution is -1.92. The van der Waals surface area contributed by atoms with Crippen LogP contribution in [0, 0.1) is 0 Å². The third-order valence-electron chi connectivity index (χ3n) is 2.86. The minimum Gasteiger partial charge on any atom is -0.384 e. The molecule has 0 radical (unpaired) electrons. The Morgan fingerprint density at radius 3 is 2.53 bits per heavy atom. The first-order chi connectivity index (χ1) is 7.27. The van der Waals surface area contributed by atoms with Crippen LogP contribution < -0.4 is 0 Å². The molecule has 1 nitrogen and oxygen atoms in total. The smallest absolute Gasteiger partial charge is 0.105 e. The second-order valence-electron chi connectivity index (χ2n) is 3.72. The standard InChI is InChI=1S/C13H9BrO/c14-8-5-6-11-12(7-8)9-3-1-2-4-10(9)13(11)15/h1-7,13,15H/t13-/m1/s1. The predicted octanol–water partition coefficient (Wildman–Crippen LogP) is 3.51. The van der Waals surface area contributed by atoms with Crippen molar-refractivity contribution < 1.29 is 5.11 Å². The van der Waals surface area contributed by atoms with E-state index < -0.39 is 6.10 Å². The highest BCUT2D eigenvalue weighted by molar-refractivity contribution is 9.10. The monoisotopic (exact) mass is 260 g/mol. The summed E-state index contributed by atoms with van der Waals surface area (Å²) in [7, 11) is 0. The van der Waals surface area contributed by atoms with Gasteiger partial charge in [0.15, 0.2) is 0 Å². The summed E-state index contributed by atoms with van der Waals surface area (Å²) in [4.78, 5) is 0. The van der Waals surface area contributed by atoms with Gasteiger partial charge in [-0.3, -0.25) is 0 Å². The Hall–Kier alpha value is -1.12. The van der Waals surface area contributed by atoms with Gasteiger partial charge in [-0.1, -0.05) is 46.3 Å². The summed E-state index contributed by atoms with van der Waals surface area (Å²) in [6.45, 7) is 0. The topological polar surface area (TPSA) is 20.2 Å². The maximum atomic E-state index is 10.1. The quantitative estimate of drug-likeness (QED) is 0.769. The average molecular weight is 261 g/mol. The van der Waals surface area contributed by atoms with Gasteiger partial charge in [0.25, 0.3) is 0 Å². The molecule has 0 unspecified atom stereocenters. The zero-order chi connectivity index (χ0) is 10.4. The number of aliphatic hydroxyl groups excluding tert-OH is 1. The molecule has 0 bridgehead atoms. The Morgan fingerprint density at radius 2 is 1.67 bits per heavy atom. The number of hydrogen-bond donors (Lipinski definition) is 1. The fourth-order valence-corrected chi connectivity index (χ4v) is 2.51. The molecule has 0 saturated carbocycles. The van der Waals surface area contributed by atoms with E-state index in [1.54, 1.807) is 0 Å². The molecule has 74 valence electrons. The van der Waals surface area contributed by atoms with E-state index in [4.69, 9.17) is 0 Å². The largest absolute Gasteiger partial charge is 0.384 e. The second kappa shape index (κ2) is 3.19. The fraction of sp³-hybridized carbons (Fsp3) is 0.0769. The van der Waals surface area contributed by atoms with Crippen molar-refractivity contribution in [3.8, 4) is 11.1 Å². The normalized spacial score (nSPS) is 17.3. The Labute approximate surface area is 96.5 Å². The summed E-state index contributed by atoms with van der Waals surface area (Å²) in [5.74, 6) is 0. The summed E-state index contributed by atoms with van der Waals surface area (Å²) in [5.41, 5.74) is 4.28. The number of halogens is 1. The molecule has 0 aliphatic heterocycles. The average Bonchev–Trinajstić information content (AvgIpc) is 2.54. The molecular formula is C13H9BrO.